The molecule has 0 unspecified atom stereocenters. The van der Waals surface area contributed by atoms with Gasteiger partial charge in [-0.3, -0.25) is 18.7 Å². The molecule has 0 saturated heterocycles. The van der Waals surface area contributed by atoms with Crippen molar-refractivity contribution in [3.8, 4) is 0 Å². The van der Waals surface area contributed by atoms with Gasteiger partial charge in [-0.1, -0.05) is 42.5 Å². The van der Waals surface area contributed by atoms with Crippen LogP contribution in [0.1, 0.15) is 29.8 Å². The molecular weight excluding hydrogens is 418 g/mol. The first-order valence-electron chi connectivity index (χ1n) is 9.68. The van der Waals surface area contributed by atoms with Crippen LogP contribution in [-0.4, -0.2) is 56.8 Å². The third-order valence-corrected chi connectivity index (χ3v) is 5.97. The third kappa shape index (κ3) is 6.39. The number of amides is 2. The Bertz CT molecular complexity index is 1050. The Balaban J connectivity index is 2.40. The molecule has 1 atom stereocenters. The second-order valence-corrected chi connectivity index (χ2v) is 9.08. The number of carbonyl (C=O) groups is 3. The monoisotopic (exact) mass is 445 g/mol. The van der Waals surface area contributed by atoms with E-state index in [1.807, 2.05) is 30.3 Å². The number of nitrogens with one attached hydrogen (secondary N) is 1. The summed E-state index contributed by atoms with van der Waals surface area (Å²) >= 11 is 0. The third-order valence-electron chi connectivity index (χ3n) is 4.83. The lowest BCUT2D eigenvalue weighted by Crippen LogP contribution is -2.50. The summed E-state index contributed by atoms with van der Waals surface area (Å²) in [6.45, 7) is 2.59. The summed E-state index contributed by atoms with van der Waals surface area (Å²) in [6, 6.07) is 14.4. The van der Waals surface area contributed by atoms with Crippen LogP contribution >= 0.6 is 0 Å². The van der Waals surface area contributed by atoms with Crippen molar-refractivity contribution in [1.29, 1.82) is 0 Å². The van der Waals surface area contributed by atoms with E-state index in [4.69, 9.17) is 0 Å². The van der Waals surface area contributed by atoms with Crippen molar-refractivity contribution < 1.29 is 22.8 Å². The van der Waals surface area contributed by atoms with Crippen molar-refractivity contribution in [3.05, 3.63) is 65.7 Å². The molecule has 0 radical (unpaired) electrons. The van der Waals surface area contributed by atoms with Gasteiger partial charge in [0.2, 0.25) is 21.8 Å². The van der Waals surface area contributed by atoms with Gasteiger partial charge in [0.25, 0.3) is 0 Å². The van der Waals surface area contributed by atoms with Gasteiger partial charge in [0.15, 0.2) is 5.78 Å². The van der Waals surface area contributed by atoms with Gasteiger partial charge in [0, 0.05) is 19.2 Å². The molecule has 0 fully saturated rings. The number of rotatable bonds is 9. The van der Waals surface area contributed by atoms with Crippen LogP contribution in [0.5, 0.6) is 0 Å². The minimum absolute atomic E-state index is 0.138. The van der Waals surface area contributed by atoms with E-state index in [2.05, 4.69) is 5.32 Å². The molecular formula is C22H27N3O5S. The lowest BCUT2D eigenvalue weighted by molar-refractivity contribution is -0.139. The lowest BCUT2D eigenvalue weighted by Gasteiger charge is -2.31. The van der Waals surface area contributed by atoms with Gasteiger partial charge in [-0.05, 0) is 31.5 Å². The zero-order chi connectivity index (χ0) is 23.2. The van der Waals surface area contributed by atoms with E-state index in [0.717, 1.165) is 16.1 Å². The Morgan fingerprint density at radius 1 is 1.03 bits per heavy atom. The number of anilines is 1. The van der Waals surface area contributed by atoms with Crippen molar-refractivity contribution >= 4 is 33.3 Å². The molecule has 0 saturated carbocycles. The fourth-order valence-corrected chi connectivity index (χ4v) is 3.91. The number of likely N-dealkylation sites (N-methyl/N-ethyl adjacent to an activating group) is 1. The number of carbonyl (C=O) groups excluding carboxylic acids is 3. The zero-order valence-corrected chi connectivity index (χ0v) is 18.8. The summed E-state index contributed by atoms with van der Waals surface area (Å²) in [4.78, 5) is 38.5. The van der Waals surface area contributed by atoms with E-state index in [1.165, 1.54) is 31.0 Å². The van der Waals surface area contributed by atoms with Crippen molar-refractivity contribution in [2.45, 2.75) is 26.4 Å². The molecule has 2 amide bonds. The summed E-state index contributed by atoms with van der Waals surface area (Å²) in [6.07, 6.45) is 0.991. The van der Waals surface area contributed by atoms with Crippen molar-refractivity contribution in [3.63, 3.8) is 0 Å². The molecule has 0 heterocycles. The number of sulfonamides is 1. The van der Waals surface area contributed by atoms with Gasteiger partial charge in [0.05, 0.1) is 11.9 Å². The summed E-state index contributed by atoms with van der Waals surface area (Å²) in [5.41, 5.74) is 1.34. The van der Waals surface area contributed by atoms with E-state index in [1.54, 1.807) is 19.1 Å². The smallest absolute Gasteiger partial charge is 0.244 e. The van der Waals surface area contributed by atoms with Crippen LogP contribution in [0.4, 0.5) is 5.69 Å². The number of hydrogen-bond donors (Lipinski definition) is 1. The topological polar surface area (TPSA) is 104 Å². The molecule has 166 valence electrons. The Morgan fingerprint density at radius 3 is 2.23 bits per heavy atom. The molecule has 9 heteroatoms. The van der Waals surface area contributed by atoms with Crippen LogP contribution in [0.2, 0.25) is 0 Å². The van der Waals surface area contributed by atoms with Crippen LogP contribution < -0.4 is 9.62 Å². The fourth-order valence-electron chi connectivity index (χ4n) is 3.07. The summed E-state index contributed by atoms with van der Waals surface area (Å²) < 4.78 is 25.9. The fraction of sp³-hybridized carbons (Fsp3) is 0.318. The average Bonchev–Trinajstić information content (AvgIpc) is 2.74. The minimum Gasteiger partial charge on any atom is -0.357 e. The van der Waals surface area contributed by atoms with E-state index in [0.29, 0.717) is 5.56 Å². The summed E-state index contributed by atoms with van der Waals surface area (Å²) in [5.74, 6) is -1.13. The first-order valence-corrected chi connectivity index (χ1v) is 11.5. The highest BCUT2D eigenvalue weighted by Crippen LogP contribution is 2.21. The van der Waals surface area contributed by atoms with Crippen LogP contribution in [0.25, 0.3) is 0 Å². The lowest BCUT2D eigenvalue weighted by atomic mass is 10.1. The highest BCUT2D eigenvalue weighted by molar-refractivity contribution is 7.92. The Morgan fingerprint density at radius 2 is 1.68 bits per heavy atom. The average molecular weight is 446 g/mol. The predicted molar refractivity (Wildman–Crippen MR) is 119 cm³/mol. The molecule has 2 rings (SSSR count). The molecule has 0 aromatic heterocycles. The van der Waals surface area contributed by atoms with Gasteiger partial charge in [-0.25, -0.2) is 8.42 Å². The molecule has 2 aromatic rings. The molecule has 0 aliphatic rings. The van der Waals surface area contributed by atoms with Crippen molar-refractivity contribution in [2.24, 2.45) is 0 Å². The molecule has 0 bridgehead atoms. The second-order valence-electron chi connectivity index (χ2n) is 7.17. The van der Waals surface area contributed by atoms with Crippen LogP contribution in [0.3, 0.4) is 0 Å². The van der Waals surface area contributed by atoms with Crippen LogP contribution in [0, 0.1) is 0 Å². The van der Waals surface area contributed by atoms with Crippen LogP contribution in [0.15, 0.2) is 54.6 Å². The number of hydrogen-bond acceptors (Lipinski definition) is 5. The molecule has 31 heavy (non-hydrogen) atoms. The Kier molecular flexibility index (Phi) is 7.93. The minimum atomic E-state index is -3.84. The second kappa shape index (κ2) is 10.2. The Labute approximate surface area is 182 Å². The summed E-state index contributed by atoms with van der Waals surface area (Å²) in [7, 11) is -2.37. The number of benzene rings is 2. The number of ketones is 1. The van der Waals surface area contributed by atoms with Gasteiger partial charge in [-0.15, -0.1) is 0 Å². The van der Waals surface area contributed by atoms with Gasteiger partial charge >= 0.3 is 0 Å². The molecule has 8 nitrogen and oxygen atoms in total. The molecule has 0 aliphatic heterocycles. The quantitative estimate of drug-likeness (QED) is 0.593. The molecule has 2 aromatic carbocycles. The Hall–Kier alpha value is -3.20. The SMILES string of the molecule is CNC(=O)[C@H](C)N(Cc1ccccc1)C(=O)CN(c1cccc(C(C)=O)c1)S(C)(=O)=O. The first kappa shape index (κ1) is 24.1. The number of Topliss-reactive ketones (excluding diaryl/α,β-unsaturated/α-hetero) is 1. The van der Waals surface area contributed by atoms with Crippen LogP contribution in [-0.2, 0) is 26.2 Å². The highest BCUT2D eigenvalue weighted by Gasteiger charge is 2.29. The maximum Gasteiger partial charge on any atom is 0.244 e. The van der Waals surface area contributed by atoms with Gasteiger partial charge in [-0.2, -0.15) is 0 Å². The van der Waals surface area contributed by atoms with Gasteiger partial charge < -0.3 is 10.2 Å². The van der Waals surface area contributed by atoms with Gasteiger partial charge in [0.1, 0.15) is 12.6 Å². The first-order chi connectivity index (χ1) is 14.5. The highest BCUT2D eigenvalue weighted by atomic mass is 32.2. The summed E-state index contributed by atoms with van der Waals surface area (Å²) in [5, 5.41) is 2.52. The van der Waals surface area contributed by atoms with E-state index in [-0.39, 0.29) is 23.9 Å². The van der Waals surface area contributed by atoms with Crippen molar-refractivity contribution in [2.75, 3.05) is 24.2 Å². The largest absolute Gasteiger partial charge is 0.357 e. The maximum atomic E-state index is 13.2. The van der Waals surface area contributed by atoms with E-state index in [9.17, 15) is 22.8 Å². The zero-order valence-electron chi connectivity index (χ0n) is 18.0. The normalized spacial score (nSPS) is 12.0. The molecule has 0 spiro atoms. The number of nitrogens with zero attached hydrogens (tertiary/aromatic N) is 2. The molecule has 0 aliphatic carbocycles. The molecule has 1 N–H and O–H groups in total. The predicted octanol–water partition coefficient (Wildman–Crippen LogP) is 1.82. The standard InChI is InChI=1S/C22H27N3O5S/c1-16(22(28)23-3)24(14-18-9-6-5-7-10-18)21(27)15-25(31(4,29)30)20-12-8-11-19(13-20)17(2)26/h5-13,16H,14-15H2,1-4H3,(H,23,28)/t16-/m0/s1. The maximum absolute atomic E-state index is 13.2. The van der Waals surface area contributed by atoms with E-state index >= 15 is 0 Å². The van der Waals surface area contributed by atoms with Crippen molar-refractivity contribution in [1.82, 2.24) is 10.2 Å². The van der Waals surface area contributed by atoms with E-state index < -0.39 is 28.5 Å².